The van der Waals surface area contributed by atoms with Crippen molar-refractivity contribution >= 4 is 39.6 Å². The molecule has 1 aromatic rings. The molecule has 0 unspecified atom stereocenters. The van der Waals surface area contributed by atoms with Gasteiger partial charge in [-0.15, -0.1) is 11.8 Å². The van der Waals surface area contributed by atoms with E-state index in [1.54, 1.807) is 0 Å². The lowest BCUT2D eigenvalue weighted by molar-refractivity contribution is -0.146. The number of halogens is 1. The van der Waals surface area contributed by atoms with Gasteiger partial charge in [-0.1, -0.05) is 35.7 Å². The monoisotopic (exact) mass is 399 g/mol. The molecule has 4 nitrogen and oxygen atoms in total. The standard InChI is InChI=1S/C17H22BrNO3S/c1-12-4-2-3-5-15(12)19-16(20)10-22-17(21)11-23-14-8-6-13(18)7-9-14/h6-9,12,15H,2-5,10-11H2,1H3,(H,19,20)/t12-,15-/m1/s1. The second-order valence-corrected chi connectivity index (χ2v) is 7.80. The molecular formula is C17H22BrNO3S. The van der Waals surface area contributed by atoms with E-state index in [4.69, 9.17) is 4.74 Å². The molecule has 0 saturated heterocycles. The Bertz CT molecular complexity index is 535. The third kappa shape index (κ3) is 6.55. The normalized spacial score (nSPS) is 20.8. The van der Waals surface area contributed by atoms with Crippen molar-refractivity contribution in [3.63, 3.8) is 0 Å². The summed E-state index contributed by atoms with van der Waals surface area (Å²) in [4.78, 5) is 24.6. The lowest BCUT2D eigenvalue weighted by Crippen LogP contribution is -2.43. The van der Waals surface area contributed by atoms with Gasteiger partial charge in [-0.25, -0.2) is 0 Å². The molecule has 0 heterocycles. The van der Waals surface area contributed by atoms with Gasteiger partial charge < -0.3 is 10.1 Å². The number of hydrogen-bond acceptors (Lipinski definition) is 4. The molecule has 6 heteroatoms. The van der Waals surface area contributed by atoms with Crippen molar-refractivity contribution in [1.82, 2.24) is 5.32 Å². The van der Waals surface area contributed by atoms with Crippen LogP contribution in [-0.4, -0.2) is 30.3 Å². The summed E-state index contributed by atoms with van der Waals surface area (Å²) in [5.41, 5.74) is 0. The summed E-state index contributed by atoms with van der Waals surface area (Å²) in [6.07, 6.45) is 4.55. The number of ether oxygens (including phenoxy) is 1. The highest BCUT2D eigenvalue weighted by atomic mass is 79.9. The van der Waals surface area contributed by atoms with Gasteiger partial charge in [-0.3, -0.25) is 9.59 Å². The van der Waals surface area contributed by atoms with Crippen LogP contribution in [0.2, 0.25) is 0 Å². The minimum atomic E-state index is -0.371. The fourth-order valence-electron chi connectivity index (χ4n) is 2.64. The molecule has 1 aromatic carbocycles. The van der Waals surface area contributed by atoms with Crippen LogP contribution in [0.5, 0.6) is 0 Å². The number of thioether (sulfide) groups is 1. The van der Waals surface area contributed by atoms with Gasteiger partial charge in [0.15, 0.2) is 6.61 Å². The molecule has 2 rings (SSSR count). The van der Waals surface area contributed by atoms with Crippen LogP contribution in [0, 0.1) is 5.92 Å². The van der Waals surface area contributed by atoms with Gasteiger partial charge in [0.1, 0.15) is 0 Å². The number of amides is 1. The van der Waals surface area contributed by atoms with Crippen LogP contribution in [-0.2, 0) is 14.3 Å². The molecule has 0 aliphatic heterocycles. The number of nitrogens with one attached hydrogen (secondary N) is 1. The number of hydrogen-bond donors (Lipinski definition) is 1. The average Bonchev–Trinajstić information content (AvgIpc) is 2.54. The minimum Gasteiger partial charge on any atom is -0.455 e. The predicted octanol–water partition coefficient (Wildman–Crippen LogP) is 3.78. The molecule has 0 spiro atoms. The van der Waals surface area contributed by atoms with Crippen molar-refractivity contribution in [1.29, 1.82) is 0 Å². The fraction of sp³-hybridized carbons (Fsp3) is 0.529. The van der Waals surface area contributed by atoms with E-state index in [0.29, 0.717) is 5.92 Å². The van der Waals surface area contributed by atoms with Crippen molar-refractivity contribution in [2.75, 3.05) is 12.4 Å². The van der Waals surface area contributed by atoms with E-state index in [9.17, 15) is 9.59 Å². The maximum Gasteiger partial charge on any atom is 0.316 e. The number of carbonyl (C=O) groups excluding carboxylic acids is 2. The zero-order valence-corrected chi connectivity index (χ0v) is 15.6. The summed E-state index contributed by atoms with van der Waals surface area (Å²) in [6, 6.07) is 7.92. The van der Waals surface area contributed by atoms with Crippen molar-refractivity contribution in [2.24, 2.45) is 5.92 Å². The van der Waals surface area contributed by atoms with E-state index in [2.05, 4.69) is 28.2 Å². The lowest BCUT2D eigenvalue weighted by Gasteiger charge is -2.29. The zero-order valence-electron chi connectivity index (χ0n) is 13.2. The Morgan fingerprint density at radius 1 is 1.26 bits per heavy atom. The first-order valence-electron chi connectivity index (χ1n) is 7.88. The molecule has 1 N–H and O–H groups in total. The second kappa shape index (κ2) is 9.33. The molecular weight excluding hydrogens is 378 g/mol. The number of carbonyl (C=O) groups is 2. The molecule has 1 saturated carbocycles. The first-order valence-corrected chi connectivity index (χ1v) is 9.66. The molecule has 0 bridgehead atoms. The van der Waals surface area contributed by atoms with Gasteiger partial charge in [0.25, 0.3) is 5.91 Å². The van der Waals surface area contributed by atoms with Crippen molar-refractivity contribution < 1.29 is 14.3 Å². The SMILES string of the molecule is C[C@@H]1CCCC[C@H]1NC(=O)COC(=O)CSc1ccc(Br)cc1. The number of rotatable bonds is 6. The maximum absolute atomic E-state index is 11.9. The largest absolute Gasteiger partial charge is 0.455 e. The zero-order chi connectivity index (χ0) is 16.7. The van der Waals surface area contributed by atoms with Gasteiger partial charge >= 0.3 is 5.97 Å². The summed E-state index contributed by atoms with van der Waals surface area (Å²) >= 11 is 4.76. The van der Waals surface area contributed by atoms with Crippen molar-refractivity contribution in [3.05, 3.63) is 28.7 Å². The fourth-order valence-corrected chi connectivity index (χ4v) is 3.60. The van der Waals surface area contributed by atoms with E-state index in [-0.39, 0.29) is 30.3 Å². The van der Waals surface area contributed by atoms with Crippen LogP contribution in [0.3, 0.4) is 0 Å². The number of benzene rings is 1. The summed E-state index contributed by atoms with van der Waals surface area (Å²) in [6.45, 7) is 1.97. The Morgan fingerprint density at radius 3 is 2.65 bits per heavy atom. The molecule has 1 aliphatic rings. The minimum absolute atomic E-state index is 0.192. The summed E-state index contributed by atoms with van der Waals surface area (Å²) in [5.74, 6) is 0.126. The Morgan fingerprint density at radius 2 is 1.96 bits per heavy atom. The number of esters is 1. The van der Waals surface area contributed by atoms with Gasteiger partial charge in [-0.2, -0.15) is 0 Å². The van der Waals surface area contributed by atoms with E-state index in [1.165, 1.54) is 18.2 Å². The lowest BCUT2D eigenvalue weighted by atomic mass is 9.86. The molecule has 0 radical (unpaired) electrons. The Hall–Kier alpha value is -1.01. The van der Waals surface area contributed by atoms with E-state index < -0.39 is 0 Å². The molecule has 2 atom stereocenters. The van der Waals surface area contributed by atoms with Crippen LogP contribution in [0.4, 0.5) is 0 Å². The van der Waals surface area contributed by atoms with Gasteiger partial charge in [-0.05, 0) is 43.0 Å². The van der Waals surface area contributed by atoms with Gasteiger partial charge in [0.2, 0.25) is 0 Å². The summed E-state index contributed by atoms with van der Waals surface area (Å²) < 4.78 is 6.04. The van der Waals surface area contributed by atoms with E-state index in [1.807, 2.05) is 24.3 Å². The molecule has 23 heavy (non-hydrogen) atoms. The quantitative estimate of drug-likeness (QED) is 0.583. The van der Waals surface area contributed by atoms with Crippen molar-refractivity contribution in [2.45, 2.75) is 43.5 Å². The third-order valence-electron chi connectivity index (χ3n) is 3.99. The van der Waals surface area contributed by atoms with Crippen LogP contribution < -0.4 is 5.32 Å². The van der Waals surface area contributed by atoms with Crippen LogP contribution >= 0.6 is 27.7 Å². The van der Waals surface area contributed by atoms with Crippen molar-refractivity contribution in [3.8, 4) is 0 Å². The highest BCUT2D eigenvalue weighted by molar-refractivity contribution is 9.10. The Labute approximate surface area is 149 Å². The highest BCUT2D eigenvalue weighted by Gasteiger charge is 2.23. The maximum atomic E-state index is 11.9. The predicted molar refractivity (Wildman–Crippen MR) is 95.4 cm³/mol. The average molecular weight is 400 g/mol. The van der Waals surface area contributed by atoms with Gasteiger partial charge in [0.05, 0.1) is 5.75 Å². The third-order valence-corrected chi connectivity index (χ3v) is 5.51. The molecule has 0 aromatic heterocycles. The van der Waals surface area contributed by atoms with Gasteiger partial charge in [0, 0.05) is 15.4 Å². The second-order valence-electron chi connectivity index (χ2n) is 5.84. The summed E-state index contributed by atoms with van der Waals surface area (Å²) in [5, 5.41) is 2.98. The van der Waals surface area contributed by atoms with Crippen LogP contribution in [0.25, 0.3) is 0 Å². The van der Waals surface area contributed by atoms with Crippen LogP contribution in [0.1, 0.15) is 32.6 Å². The van der Waals surface area contributed by atoms with E-state index in [0.717, 1.165) is 28.6 Å². The molecule has 1 aliphatic carbocycles. The molecule has 1 fully saturated rings. The summed E-state index contributed by atoms with van der Waals surface area (Å²) in [7, 11) is 0. The first kappa shape index (κ1) is 18.3. The Balaban J connectivity index is 1.65. The Kier molecular flexibility index (Phi) is 7.43. The molecule has 1 amide bonds. The van der Waals surface area contributed by atoms with E-state index >= 15 is 0 Å². The topological polar surface area (TPSA) is 55.4 Å². The smallest absolute Gasteiger partial charge is 0.316 e. The first-order chi connectivity index (χ1) is 11.0. The highest BCUT2D eigenvalue weighted by Crippen LogP contribution is 2.23. The van der Waals surface area contributed by atoms with Crippen LogP contribution in [0.15, 0.2) is 33.6 Å². The molecule has 126 valence electrons.